The highest BCUT2D eigenvalue weighted by Gasteiger charge is 2.13. The molecule has 0 aliphatic rings. The highest BCUT2D eigenvalue weighted by atomic mass is 16.5. The lowest BCUT2D eigenvalue weighted by molar-refractivity contribution is 0.0285. The molecule has 0 saturated heterocycles. The maximum atomic E-state index is 9.42. The van der Waals surface area contributed by atoms with Gasteiger partial charge in [0.1, 0.15) is 12.4 Å². The summed E-state index contributed by atoms with van der Waals surface area (Å²) < 4.78 is 5.31. The molecule has 0 aliphatic heterocycles. The van der Waals surface area contributed by atoms with Crippen LogP contribution < -0.4 is 4.74 Å². The second-order valence-electron chi connectivity index (χ2n) is 3.74. The molecule has 3 nitrogen and oxygen atoms in total. The van der Waals surface area contributed by atoms with Crippen LogP contribution in [-0.4, -0.2) is 17.3 Å². The van der Waals surface area contributed by atoms with Gasteiger partial charge >= 0.3 is 0 Å². The number of benzene rings is 1. The minimum Gasteiger partial charge on any atom is -0.491 e. The molecule has 74 valence electrons. The molecule has 1 N–H and O–H groups in total. The highest BCUT2D eigenvalue weighted by molar-refractivity contribution is 5.36. The summed E-state index contributed by atoms with van der Waals surface area (Å²) in [4.78, 5) is 0. The molecule has 0 fully saturated rings. The van der Waals surface area contributed by atoms with Crippen molar-refractivity contribution in [3.05, 3.63) is 29.8 Å². The lowest BCUT2D eigenvalue weighted by Gasteiger charge is -2.17. The number of nitrogens with zero attached hydrogens (tertiary/aromatic N) is 1. The molecule has 0 unspecified atom stereocenters. The van der Waals surface area contributed by atoms with Gasteiger partial charge < -0.3 is 9.84 Å². The Labute approximate surface area is 83.6 Å². The smallest absolute Gasteiger partial charge is 0.120 e. The van der Waals surface area contributed by atoms with E-state index in [-0.39, 0.29) is 6.61 Å². The fraction of sp³-hybridized carbons (Fsp3) is 0.364. The largest absolute Gasteiger partial charge is 0.491 e. The van der Waals surface area contributed by atoms with Crippen molar-refractivity contribution in [2.75, 3.05) is 6.61 Å². The zero-order valence-corrected chi connectivity index (χ0v) is 8.32. The van der Waals surface area contributed by atoms with Crippen LogP contribution in [0.1, 0.15) is 19.4 Å². The Hall–Kier alpha value is -1.53. The van der Waals surface area contributed by atoms with E-state index in [1.165, 1.54) is 0 Å². The summed E-state index contributed by atoms with van der Waals surface area (Å²) in [5.74, 6) is 0.603. The molecule has 0 aromatic heterocycles. The van der Waals surface area contributed by atoms with Crippen molar-refractivity contribution >= 4 is 0 Å². The van der Waals surface area contributed by atoms with Crippen LogP contribution in [0.25, 0.3) is 0 Å². The van der Waals surface area contributed by atoms with Gasteiger partial charge in [-0.15, -0.1) is 0 Å². The van der Waals surface area contributed by atoms with Crippen LogP contribution in [0, 0.1) is 11.3 Å². The van der Waals surface area contributed by atoms with Crippen LogP contribution in [0.2, 0.25) is 0 Å². The van der Waals surface area contributed by atoms with Crippen LogP contribution in [0.5, 0.6) is 5.75 Å². The van der Waals surface area contributed by atoms with E-state index in [4.69, 9.17) is 10.00 Å². The molecule has 0 heterocycles. The van der Waals surface area contributed by atoms with Crippen molar-refractivity contribution < 1.29 is 9.84 Å². The quantitative estimate of drug-likeness (QED) is 0.791. The van der Waals surface area contributed by atoms with Gasteiger partial charge in [-0.1, -0.05) is 6.07 Å². The molecule has 0 spiro atoms. The van der Waals surface area contributed by atoms with E-state index in [0.29, 0.717) is 11.3 Å². The summed E-state index contributed by atoms with van der Waals surface area (Å²) in [7, 11) is 0. The third kappa shape index (κ3) is 3.46. The lowest BCUT2D eigenvalue weighted by atomic mass is 10.1. The third-order valence-electron chi connectivity index (χ3n) is 1.56. The molecule has 1 rings (SSSR count). The zero-order chi connectivity index (χ0) is 10.6. The summed E-state index contributed by atoms with van der Waals surface area (Å²) in [5, 5.41) is 18.1. The summed E-state index contributed by atoms with van der Waals surface area (Å²) >= 11 is 0. The van der Waals surface area contributed by atoms with Crippen LogP contribution in [0.15, 0.2) is 24.3 Å². The first kappa shape index (κ1) is 10.6. The maximum absolute atomic E-state index is 9.42. The topological polar surface area (TPSA) is 53.2 Å². The van der Waals surface area contributed by atoms with Gasteiger partial charge in [0.25, 0.3) is 0 Å². The SMILES string of the molecule is CC(C)(O)COc1cccc(C#N)c1. The standard InChI is InChI=1S/C11H13NO2/c1-11(2,13)8-14-10-5-3-4-9(6-10)7-12/h3-6,13H,8H2,1-2H3. The van der Waals surface area contributed by atoms with E-state index in [2.05, 4.69) is 0 Å². The average Bonchev–Trinajstić information content (AvgIpc) is 2.14. The van der Waals surface area contributed by atoms with Gasteiger partial charge in [-0.2, -0.15) is 5.26 Å². The maximum Gasteiger partial charge on any atom is 0.120 e. The fourth-order valence-electron chi connectivity index (χ4n) is 0.915. The van der Waals surface area contributed by atoms with Gasteiger partial charge in [0.15, 0.2) is 0 Å². The van der Waals surface area contributed by atoms with Crippen molar-refractivity contribution in [2.45, 2.75) is 19.4 Å². The van der Waals surface area contributed by atoms with Gasteiger partial charge in [0.2, 0.25) is 0 Å². The van der Waals surface area contributed by atoms with Gasteiger partial charge in [-0.3, -0.25) is 0 Å². The number of hydrogen-bond donors (Lipinski definition) is 1. The first-order valence-electron chi connectivity index (χ1n) is 4.36. The predicted molar refractivity (Wildman–Crippen MR) is 52.9 cm³/mol. The zero-order valence-electron chi connectivity index (χ0n) is 8.32. The summed E-state index contributed by atoms with van der Waals surface area (Å²) in [6.07, 6.45) is 0. The molecule has 1 aromatic rings. The van der Waals surface area contributed by atoms with Crippen LogP contribution in [0.3, 0.4) is 0 Å². The van der Waals surface area contributed by atoms with Gasteiger partial charge in [-0.25, -0.2) is 0 Å². The minimum absolute atomic E-state index is 0.210. The summed E-state index contributed by atoms with van der Waals surface area (Å²) in [5.41, 5.74) is -0.305. The summed E-state index contributed by atoms with van der Waals surface area (Å²) in [6, 6.07) is 8.88. The molecule has 0 bridgehead atoms. The van der Waals surface area contributed by atoms with E-state index in [9.17, 15) is 5.11 Å². The van der Waals surface area contributed by atoms with E-state index < -0.39 is 5.60 Å². The Morgan fingerprint density at radius 1 is 1.50 bits per heavy atom. The second kappa shape index (κ2) is 4.12. The molecule has 0 atom stereocenters. The van der Waals surface area contributed by atoms with Gasteiger partial charge in [0.05, 0.1) is 17.2 Å². The molecule has 0 aliphatic carbocycles. The molecule has 1 aromatic carbocycles. The molecule has 3 heteroatoms. The number of nitriles is 1. The van der Waals surface area contributed by atoms with E-state index in [0.717, 1.165) is 0 Å². The molecule has 0 radical (unpaired) electrons. The van der Waals surface area contributed by atoms with Crippen molar-refractivity contribution in [1.29, 1.82) is 5.26 Å². The Morgan fingerprint density at radius 2 is 2.21 bits per heavy atom. The Bertz CT molecular complexity index is 347. The van der Waals surface area contributed by atoms with Crippen molar-refractivity contribution in [3.8, 4) is 11.8 Å². The Balaban J connectivity index is 2.65. The fourth-order valence-corrected chi connectivity index (χ4v) is 0.915. The molecule has 0 saturated carbocycles. The first-order valence-corrected chi connectivity index (χ1v) is 4.36. The average molecular weight is 191 g/mol. The summed E-state index contributed by atoms with van der Waals surface area (Å²) in [6.45, 7) is 3.55. The number of ether oxygens (including phenoxy) is 1. The van der Waals surface area contributed by atoms with E-state index in [1.807, 2.05) is 6.07 Å². The van der Waals surface area contributed by atoms with Crippen molar-refractivity contribution in [2.24, 2.45) is 0 Å². The number of hydrogen-bond acceptors (Lipinski definition) is 3. The number of rotatable bonds is 3. The predicted octanol–water partition coefficient (Wildman–Crippen LogP) is 1.71. The van der Waals surface area contributed by atoms with Crippen LogP contribution in [0.4, 0.5) is 0 Å². The lowest BCUT2D eigenvalue weighted by Crippen LogP contribution is -2.27. The van der Waals surface area contributed by atoms with Gasteiger partial charge in [0, 0.05) is 0 Å². The number of aliphatic hydroxyl groups is 1. The van der Waals surface area contributed by atoms with E-state index in [1.54, 1.807) is 38.1 Å². The van der Waals surface area contributed by atoms with Crippen molar-refractivity contribution in [3.63, 3.8) is 0 Å². The minimum atomic E-state index is -0.858. The monoisotopic (exact) mass is 191 g/mol. The van der Waals surface area contributed by atoms with E-state index >= 15 is 0 Å². The molecule has 14 heavy (non-hydrogen) atoms. The molecular weight excluding hydrogens is 178 g/mol. The van der Waals surface area contributed by atoms with Crippen LogP contribution in [-0.2, 0) is 0 Å². The first-order chi connectivity index (χ1) is 6.51. The van der Waals surface area contributed by atoms with Gasteiger partial charge in [-0.05, 0) is 32.0 Å². The highest BCUT2D eigenvalue weighted by Crippen LogP contribution is 2.14. The second-order valence-corrected chi connectivity index (χ2v) is 3.74. The van der Waals surface area contributed by atoms with Crippen molar-refractivity contribution in [1.82, 2.24) is 0 Å². The van der Waals surface area contributed by atoms with Crippen LogP contribution >= 0.6 is 0 Å². The Morgan fingerprint density at radius 3 is 2.79 bits per heavy atom. The molecule has 0 amide bonds. The molecular formula is C11H13NO2. The normalized spacial score (nSPS) is 10.7. The Kier molecular flexibility index (Phi) is 3.10. The third-order valence-corrected chi connectivity index (χ3v) is 1.56.